The van der Waals surface area contributed by atoms with Gasteiger partial charge in [-0.25, -0.2) is 4.79 Å². The van der Waals surface area contributed by atoms with Crippen LogP contribution in [0.2, 0.25) is 0 Å². The van der Waals surface area contributed by atoms with E-state index in [1.807, 2.05) is 0 Å². The summed E-state index contributed by atoms with van der Waals surface area (Å²) in [5.74, 6) is -1.87. The molecular weight excluding hydrogens is 736 g/mol. The van der Waals surface area contributed by atoms with E-state index in [-0.39, 0.29) is 50.4 Å². The zero-order valence-corrected chi connectivity index (χ0v) is 30.4. The Balaban J connectivity index is 1.14. The topological polar surface area (TPSA) is 315 Å². The predicted molar refractivity (Wildman–Crippen MR) is 181 cm³/mol. The quantitative estimate of drug-likeness (QED) is 0.0732. The maximum atomic E-state index is 12.5. The van der Waals surface area contributed by atoms with Crippen LogP contribution in [0.1, 0.15) is 57.8 Å². The molecule has 55 heavy (non-hydrogen) atoms. The highest BCUT2D eigenvalue weighted by molar-refractivity contribution is 5.81. The molecule has 0 aromatic heterocycles. The maximum Gasteiger partial charge on any atom is 0.330 e. The number of rotatable bonds is 10. The number of aliphatic hydroxyl groups is 12. The molecule has 3 saturated carbocycles. The summed E-state index contributed by atoms with van der Waals surface area (Å²) in [7, 11) is 0. The lowest BCUT2D eigenvalue weighted by atomic mass is 9.72. The molecule has 19 nitrogen and oxygen atoms in total. The molecule has 0 bridgehead atoms. The van der Waals surface area contributed by atoms with Crippen molar-refractivity contribution in [2.75, 3.05) is 13.2 Å². The third kappa shape index (κ3) is 9.88. The van der Waals surface area contributed by atoms with Gasteiger partial charge in [-0.15, -0.1) is 0 Å². The van der Waals surface area contributed by atoms with E-state index in [2.05, 4.69) is 0 Å². The molecule has 22 unspecified atom stereocenters. The molecule has 0 spiro atoms. The number of allylic oxidation sites excluding steroid dienone is 1. The van der Waals surface area contributed by atoms with Crippen LogP contribution >= 0.6 is 0 Å². The van der Waals surface area contributed by atoms with Crippen LogP contribution in [0.5, 0.6) is 0 Å². The van der Waals surface area contributed by atoms with Crippen molar-refractivity contribution in [2.45, 2.75) is 174 Å². The van der Waals surface area contributed by atoms with Gasteiger partial charge in [0.2, 0.25) is 0 Å². The monoisotopic (exact) mass is 794 g/mol. The highest BCUT2D eigenvalue weighted by atomic mass is 16.7. The van der Waals surface area contributed by atoms with Crippen LogP contribution < -0.4 is 0 Å². The molecule has 3 saturated heterocycles. The summed E-state index contributed by atoms with van der Waals surface area (Å²) in [6.07, 6.45) is -18.7. The van der Waals surface area contributed by atoms with Gasteiger partial charge in [0, 0.05) is 18.4 Å². The number of hydrogen-bond acceptors (Lipinski definition) is 19. The molecule has 6 rings (SSSR count). The van der Waals surface area contributed by atoms with E-state index in [1.54, 1.807) is 6.08 Å². The summed E-state index contributed by atoms with van der Waals surface area (Å²) in [5.41, 5.74) is 0. The van der Waals surface area contributed by atoms with Crippen molar-refractivity contribution in [1.82, 2.24) is 0 Å². The van der Waals surface area contributed by atoms with Gasteiger partial charge in [0.15, 0.2) is 12.6 Å². The van der Waals surface area contributed by atoms with E-state index in [0.717, 1.165) is 0 Å². The van der Waals surface area contributed by atoms with Gasteiger partial charge in [-0.3, -0.25) is 0 Å². The van der Waals surface area contributed by atoms with Crippen molar-refractivity contribution < 1.29 is 94.5 Å². The molecule has 22 atom stereocenters. The van der Waals surface area contributed by atoms with Gasteiger partial charge in [0.05, 0.1) is 61.5 Å². The molecule has 0 amide bonds. The minimum absolute atomic E-state index is 0.0266. The zero-order valence-electron chi connectivity index (χ0n) is 30.4. The highest BCUT2D eigenvalue weighted by Crippen LogP contribution is 2.45. The van der Waals surface area contributed by atoms with Gasteiger partial charge >= 0.3 is 5.97 Å². The molecule has 6 aliphatic rings. The molecule has 3 aliphatic carbocycles. The minimum atomic E-state index is -1.78. The fourth-order valence-electron chi connectivity index (χ4n) is 8.99. The first-order valence-corrected chi connectivity index (χ1v) is 19.4. The Morgan fingerprint density at radius 3 is 1.84 bits per heavy atom. The number of carbonyl (C=O) groups excluding carboxylic acids is 1. The van der Waals surface area contributed by atoms with Gasteiger partial charge in [-0.1, -0.05) is 6.08 Å². The Labute approximate surface area is 317 Å². The second kappa shape index (κ2) is 18.6. The summed E-state index contributed by atoms with van der Waals surface area (Å²) in [6.45, 7) is -1.21. The molecule has 3 aliphatic heterocycles. The van der Waals surface area contributed by atoms with Crippen LogP contribution in [-0.4, -0.2) is 197 Å². The van der Waals surface area contributed by atoms with E-state index in [4.69, 9.17) is 28.4 Å². The number of ether oxygens (including phenoxy) is 6. The lowest BCUT2D eigenvalue weighted by Gasteiger charge is -2.52. The summed E-state index contributed by atoms with van der Waals surface area (Å²) in [6, 6.07) is 0. The lowest BCUT2D eigenvalue weighted by molar-refractivity contribution is -0.344. The smallest absolute Gasteiger partial charge is 0.330 e. The zero-order chi connectivity index (χ0) is 39.7. The summed E-state index contributed by atoms with van der Waals surface area (Å²) in [4.78, 5) is 12.5. The van der Waals surface area contributed by atoms with Gasteiger partial charge in [0.25, 0.3) is 0 Å². The third-order valence-electron chi connectivity index (χ3n) is 12.3. The number of carbonyl (C=O) groups is 1. The van der Waals surface area contributed by atoms with E-state index in [1.165, 1.54) is 6.08 Å². The standard InChI is InChI=1S/C36H58O19/c37-12-25-28(44)30(46)32(48)36(54-25)53-24-11-17-22(51-34(24)15-3-5-19(40)21(42)8-15)9-16(38)10-23(17)52-35-33(49)31(47)29(45)26(55-35)13-50-27(43)6-2-14-1-4-18(39)20(41)7-14/h2,6,14-26,28-42,44-49H,1,3-5,7-13H2. The number of aliphatic hydroxyl groups excluding tert-OH is 12. The van der Waals surface area contributed by atoms with Crippen LogP contribution in [0.25, 0.3) is 0 Å². The van der Waals surface area contributed by atoms with Gasteiger partial charge < -0.3 is 89.7 Å². The normalized spacial score (nSPS) is 51.1. The van der Waals surface area contributed by atoms with Gasteiger partial charge in [-0.05, 0) is 63.2 Å². The van der Waals surface area contributed by atoms with Crippen molar-refractivity contribution in [1.29, 1.82) is 0 Å². The second-order valence-corrected chi connectivity index (χ2v) is 16.1. The van der Waals surface area contributed by atoms with Gasteiger partial charge in [-0.2, -0.15) is 0 Å². The Morgan fingerprint density at radius 2 is 1.20 bits per heavy atom. The first-order chi connectivity index (χ1) is 26.1. The van der Waals surface area contributed by atoms with Crippen LogP contribution in [-0.2, 0) is 33.2 Å². The van der Waals surface area contributed by atoms with E-state index >= 15 is 0 Å². The SMILES string of the molecule is O=C(C=CC1CCC(O)C(O)C1)OCC1OC(OC2CC(O)CC3OC(C4CCC(O)C(O)C4)C(OC4OC(CO)C(O)C(O)C4O)CC23)C(O)C(O)C1O. The molecule has 316 valence electrons. The average Bonchev–Trinajstić information content (AvgIpc) is 3.16. The molecule has 0 aromatic carbocycles. The van der Waals surface area contributed by atoms with Gasteiger partial charge in [0.1, 0.15) is 55.4 Å². The molecule has 6 fully saturated rings. The molecular formula is C36H58O19. The van der Waals surface area contributed by atoms with Crippen molar-refractivity contribution in [3.05, 3.63) is 12.2 Å². The average molecular weight is 795 g/mol. The first-order valence-electron chi connectivity index (χ1n) is 19.4. The molecule has 0 radical (unpaired) electrons. The highest BCUT2D eigenvalue weighted by Gasteiger charge is 2.54. The van der Waals surface area contributed by atoms with E-state index in [0.29, 0.717) is 19.3 Å². The van der Waals surface area contributed by atoms with E-state index in [9.17, 15) is 66.1 Å². The van der Waals surface area contributed by atoms with Crippen LogP contribution in [0.4, 0.5) is 0 Å². The van der Waals surface area contributed by atoms with E-state index < -0.39 is 141 Å². The summed E-state index contributed by atoms with van der Waals surface area (Å²) < 4.78 is 35.8. The lowest BCUT2D eigenvalue weighted by Crippen LogP contribution is -2.63. The fraction of sp³-hybridized carbons (Fsp3) is 0.917. The predicted octanol–water partition coefficient (Wildman–Crippen LogP) is -4.56. The first kappa shape index (κ1) is 43.1. The van der Waals surface area contributed by atoms with Crippen molar-refractivity contribution >= 4 is 5.97 Å². The third-order valence-corrected chi connectivity index (χ3v) is 12.3. The Hall–Kier alpha value is -1.47. The number of esters is 1. The summed E-state index contributed by atoms with van der Waals surface area (Å²) >= 11 is 0. The fourth-order valence-corrected chi connectivity index (χ4v) is 8.99. The molecule has 12 N–H and O–H groups in total. The largest absolute Gasteiger partial charge is 0.460 e. The second-order valence-electron chi connectivity index (χ2n) is 16.1. The van der Waals surface area contributed by atoms with Crippen molar-refractivity contribution in [2.24, 2.45) is 17.8 Å². The minimum Gasteiger partial charge on any atom is -0.460 e. The Bertz CT molecular complexity index is 1270. The van der Waals surface area contributed by atoms with Crippen molar-refractivity contribution in [3.63, 3.8) is 0 Å². The number of hydrogen-bond donors (Lipinski definition) is 12. The van der Waals surface area contributed by atoms with Crippen LogP contribution in [0, 0.1) is 17.8 Å². The summed E-state index contributed by atoms with van der Waals surface area (Å²) in [5, 5.41) is 125. The van der Waals surface area contributed by atoms with Crippen molar-refractivity contribution in [3.8, 4) is 0 Å². The molecule has 0 aromatic rings. The van der Waals surface area contributed by atoms with Crippen LogP contribution in [0.3, 0.4) is 0 Å². The Morgan fingerprint density at radius 1 is 0.600 bits per heavy atom. The molecule has 3 heterocycles. The Kier molecular flexibility index (Phi) is 14.6. The molecule has 19 heteroatoms. The van der Waals surface area contributed by atoms with Crippen LogP contribution in [0.15, 0.2) is 12.2 Å². The maximum absolute atomic E-state index is 12.5. The number of fused-ring (bicyclic) bond motifs is 1.